The van der Waals surface area contributed by atoms with E-state index in [0.717, 1.165) is 6.42 Å². The Hall–Kier alpha value is -0.670. The van der Waals surface area contributed by atoms with Crippen molar-refractivity contribution in [1.29, 1.82) is 0 Å². The second-order valence-corrected chi connectivity index (χ2v) is 2.94. The molecule has 0 radical (unpaired) electrons. The lowest BCUT2D eigenvalue weighted by Crippen LogP contribution is -2.30. The summed E-state index contributed by atoms with van der Waals surface area (Å²) in [5.41, 5.74) is 0. The average molecular weight is 170 g/mol. The highest BCUT2D eigenvalue weighted by atomic mass is 16.7. The Labute approximate surface area is 72.4 Å². The Bertz CT molecular complexity index is 186. The minimum atomic E-state index is -0.0369. The Balaban J connectivity index is 2.44. The first-order valence-corrected chi connectivity index (χ1v) is 4.06. The van der Waals surface area contributed by atoms with E-state index in [-0.39, 0.29) is 24.6 Å². The molecule has 2 atom stereocenters. The van der Waals surface area contributed by atoms with Gasteiger partial charge in [0.2, 0.25) is 0 Å². The van der Waals surface area contributed by atoms with E-state index in [1.807, 2.05) is 13.0 Å². The molecule has 0 saturated carbocycles. The monoisotopic (exact) mass is 170 g/mol. The van der Waals surface area contributed by atoms with Crippen molar-refractivity contribution >= 4 is 5.78 Å². The van der Waals surface area contributed by atoms with Crippen LogP contribution in [-0.2, 0) is 14.3 Å². The number of ketones is 1. The summed E-state index contributed by atoms with van der Waals surface area (Å²) in [6.45, 7) is 2.14. The van der Waals surface area contributed by atoms with Crippen LogP contribution < -0.4 is 0 Å². The van der Waals surface area contributed by atoms with Crippen LogP contribution in [0.3, 0.4) is 0 Å². The Morgan fingerprint density at radius 3 is 3.08 bits per heavy atom. The van der Waals surface area contributed by atoms with Gasteiger partial charge in [0.1, 0.15) is 6.79 Å². The molecule has 0 saturated heterocycles. The molecule has 0 N–H and O–H groups in total. The van der Waals surface area contributed by atoms with Crippen molar-refractivity contribution in [2.75, 3.05) is 13.9 Å². The third kappa shape index (κ3) is 2.16. The predicted octanol–water partition coefficient (Wildman–Crippen LogP) is 1.14. The van der Waals surface area contributed by atoms with Crippen LogP contribution in [0.4, 0.5) is 0 Å². The molecular formula is C9H14O3. The van der Waals surface area contributed by atoms with Gasteiger partial charge >= 0.3 is 0 Å². The number of hydrogen-bond donors (Lipinski definition) is 0. The van der Waals surface area contributed by atoms with Crippen molar-refractivity contribution in [2.45, 2.75) is 19.4 Å². The lowest BCUT2D eigenvalue weighted by Gasteiger charge is -2.23. The maximum atomic E-state index is 11.2. The molecule has 0 bridgehead atoms. The molecule has 0 aromatic heterocycles. The molecule has 2 unspecified atom stereocenters. The molecule has 0 aromatic rings. The zero-order valence-corrected chi connectivity index (χ0v) is 7.45. The van der Waals surface area contributed by atoms with E-state index < -0.39 is 0 Å². The van der Waals surface area contributed by atoms with Crippen molar-refractivity contribution in [3.63, 3.8) is 0 Å². The highest BCUT2D eigenvalue weighted by Crippen LogP contribution is 2.18. The lowest BCUT2D eigenvalue weighted by molar-refractivity contribution is -0.130. The minimum absolute atomic E-state index is 0.0116. The van der Waals surface area contributed by atoms with Gasteiger partial charge in [-0.25, -0.2) is 0 Å². The first-order valence-electron chi connectivity index (χ1n) is 4.06. The molecule has 0 heterocycles. The van der Waals surface area contributed by atoms with Gasteiger partial charge in [0.05, 0.1) is 6.10 Å². The second-order valence-electron chi connectivity index (χ2n) is 2.94. The molecule has 0 aromatic carbocycles. The van der Waals surface area contributed by atoms with E-state index in [2.05, 4.69) is 0 Å². The maximum absolute atomic E-state index is 11.2. The summed E-state index contributed by atoms with van der Waals surface area (Å²) in [6, 6.07) is 0. The van der Waals surface area contributed by atoms with Crippen LogP contribution in [0.1, 0.15) is 13.3 Å². The fourth-order valence-corrected chi connectivity index (χ4v) is 1.23. The zero-order chi connectivity index (χ0) is 8.97. The molecular weight excluding hydrogens is 156 g/mol. The summed E-state index contributed by atoms with van der Waals surface area (Å²) in [4.78, 5) is 11.2. The van der Waals surface area contributed by atoms with Gasteiger partial charge in [-0.05, 0) is 12.5 Å². The van der Waals surface area contributed by atoms with Gasteiger partial charge in [-0.15, -0.1) is 0 Å². The molecule has 0 aliphatic heterocycles. The zero-order valence-electron chi connectivity index (χ0n) is 7.45. The van der Waals surface area contributed by atoms with Crippen molar-refractivity contribution < 1.29 is 14.3 Å². The summed E-state index contributed by atoms with van der Waals surface area (Å²) in [5.74, 6) is 0.104. The van der Waals surface area contributed by atoms with Crippen molar-refractivity contribution in [3.05, 3.63) is 12.2 Å². The molecule has 12 heavy (non-hydrogen) atoms. The fourth-order valence-electron chi connectivity index (χ4n) is 1.23. The third-order valence-electron chi connectivity index (χ3n) is 2.06. The van der Waals surface area contributed by atoms with Crippen molar-refractivity contribution in [3.8, 4) is 0 Å². The molecule has 0 spiro atoms. The lowest BCUT2D eigenvalue weighted by atomic mass is 9.92. The van der Waals surface area contributed by atoms with Crippen LogP contribution in [0.25, 0.3) is 0 Å². The van der Waals surface area contributed by atoms with Gasteiger partial charge in [-0.1, -0.05) is 13.0 Å². The van der Waals surface area contributed by atoms with Crippen LogP contribution in [-0.4, -0.2) is 25.8 Å². The molecule has 68 valence electrons. The normalized spacial score (nSPS) is 29.3. The first-order chi connectivity index (χ1) is 5.75. The minimum Gasteiger partial charge on any atom is -0.359 e. The molecule has 3 nitrogen and oxygen atoms in total. The van der Waals surface area contributed by atoms with Gasteiger partial charge < -0.3 is 9.47 Å². The van der Waals surface area contributed by atoms with Gasteiger partial charge in [-0.2, -0.15) is 0 Å². The van der Waals surface area contributed by atoms with E-state index in [0.29, 0.717) is 0 Å². The number of rotatable bonds is 3. The summed E-state index contributed by atoms with van der Waals surface area (Å²) < 4.78 is 10.1. The molecule has 1 aliphatic carbocycles. The van der Waals surface area contributed by atoms with E-state index in [9.17, 15) is 4.79 Å². The van der Waals surface area contributed by atoms with E-state index in [1.165, 1.54) is 0 Å². The summed E-state index contributed by atoms with van der Waals surface area (Å²) in [7, 11) is 1.57. The Morgan fingerprint density at radius 2 is 2.42 bits per heavy atom. The van der Waals surface area contributed by atoms with E-state index in [1.54, 1.807) is 13.2 Å². The maximum Gasteiger partial charge on any atom is 0.160 e. The van der Waals surface area contributed by atoms with Crippen LogP contribution in [0, 0.1) is 5.92 Å². The molecule has 1 aliphatic rings. The highest BCUT2D eigenvalue weighted by molar-refractivity contribution is 5.92. The van der Waals surface area contributed by atoms with Crippen LogP contribution in [0.5, 0.6) is 0 Å². The third-order valence-corrected chi connectivity index (χ3v) is 2.06. The van der Waals surface area contributed by atoms with Gasteiger partial charge in [0, 0.05) is 13.0 Å². The van der Waals surface area contributed by atoms with Crippen molar-refractivity contribution in [2.24, 2.45) is 5.92 Å². The van der Waals surface area contributed by atoms with E-state index >= 15 is 0 Å². The number of methoxy groups -OCH3 is 1. The number of ether oxygens (including phenoxy) is 2. The number of hydrogen-bond acceptors (Lipinski definition) is 3. The molecule has 1 rings (SSSR count). The molecule has 3 heteroatoms. The molecule has 0 fully saturated rings. The molecule has 0 amide bonds. The van der Waals surface area contributed by atoms with Crippen LogP contribution in [0.15, 0.2) is 12.2 Å². The number of carbonyl (C=O) groups excluding carboxylic acids is 1. The van der Waals surface area contributed by atoms with Gasteiger partial charge in [0.25, 0.3) is 0 Å². The van der Waals surface area contributed by atoms with Gasteiger partial charge in [-0.3, -0.25) is 4.79 Å². The fraction of sp³-hybridized carbons (Fsp3) is 0.667. The number of allylic oxidation sites excluding steroid dienone is 1. The SMILES string of the molecule is COCOC1CC=CC(=O)C1C. The Kier molecular flexibility index (Phi) is 3.44. The second kappa shape index (κ2) is 4.38. The number of carbonyl (C=O) groups is 1. The Morgan fingerprint density at radius 1 is 1.67 bits per heavy atom. The summed E-state index contributed by atoms with van der Waals surface area (Å²) in [5, 5.41) is 0. The predicted molar refractivity (Wildman–Crippen MR) is 44.7 cm³/mol. The quantitative estimate of drug-likeness (QED) is 0.596. The summed E-state index contributed by atoms with van der Waals surface area (Å²) >= 11 is 0. The van der Waals surface area contributed by atoms with Crippen LogP contribution in [0.2, 0.25) is 0 Å². The smallest absolute Gasteiger partial charge is 0.160 e. The highest BCUT2D eigenvalue weighted by Gasteiger charge is 2.25. The van der Waals surface area contributed by atoms with Crippen LogP contribution >= 0.6 is 0 Å². The largest absolute Gasteiger partial charge is 0.359 e. The topological polar surface area (TPSA) is 35.5 Å². The standard InChI is InChI=1S/C9H14O3/c1-7-8(10)4-3-5-9(7)12-6-11-2/h3-4,7,9H,5-6H2,1-2H3. The first kappa shape index (κ1) is 9.42. The average Bonchev–Trinajstić information content (AvgIpc) is 2.08. The van der Waals surface area contributed by atoms with Crippen molar-refractivity contribution in [1.82, 2.24) is 0 Å². The van der Waals surface area contributed by atoms with Gasteiger partial charge in [0.15, 0.2) is 5.78 Å². The van der Waals surface area contributed by atoms with E-state index in [4.69, 9.17) is 9.47 Å². The summed E-state index contributed by atoms with van der Waals surface area (Å²) in [6.07, 6.45) is 4.26.